The van der Waals surface area contributed by atoms with Crippen molar-refractivity contribution >= 4 is 17.2 Å². The first-order chi connectivity index (χ1) is 9.70. The summed E-state index contributed by atoms with van der Waals surface area (Å²) in [5.74, 6) is -0.368. The van der Waals surface area contributed by atoms with Gasteiger partial charge < -0.3 is 10.3 Å². The number of amidine groups is 1. The molecule has 0 aliphatic rings. The Balaban J connectivity index is 2.20. The second-order valence-corrected chi connectivity index (χ2v) is 3.99. The first-order valence-corrected chi connectivity index (χ1v) is 5.82. The van der Waals surface area contributed by atoms with Gasteiger partial charge in [0.2, 0.25) is 5.71 Å². The molecule has 0 aliphatic carbocycles. The highest BCUT2D eigenvalue weighted by Crippen LogP contribution is 2.16. The van der Waals surface area contributed by atoms with Crippen molar-refractivity contribution in [1.29, 1.82) is 10.7 Å². The minimum atomic E-state index is -0.368. The van der Waals surface area contributed by atoms with E-state index in [0.29, 0.717) is 6.54 Å². The molecule has 4 N–H and O–H groups in total. The summed E-state index contributed by atoms with van der Waals surface area (Å²) in [4.78, 5) is 3.99. The fourth-order valence-electron chi connectivity index (χ4n) is 1.61. The molecule has 2 aromatic rings. The molecule has 0 aliphatic heterocycles. The SMILES string of the molecule is N#C/C(=N\Nc1ccccc1Cn1ccnc1)C(=N)N. The van der Waals surface area contributed by atoms with Crippen LogP contribution in [0.25, 0.3) is 0 Å². The number of hydrogen-bond donors (Lipinski definition) is 3. The van der Waals surface area contributed by atoms with E-state index in [4.69, 9.17) is 16.4 Å². The van der Waals surface area contributed by atoms with Crippen LogP contribution in [0, 0.1) is 16.7 Å². The van der Waals surface area contributed by atoms with Crippen LogP contribution in [-0.4, -0.2) is 21.1 Å². The van der Waals surface area contributed by atoms with Crippen LogP contribution in [0.4, 0.5) is 5.69 Å². The van der Waals surface area contributed by atoms with E-state index in [0.717, 1.165) is 11.3 Å². The quantitative estimate of drug-likeness (QED) is 0.428. The van der Waals surface area contributed by atoms with Crippen molar-refractivity contribution in [3.63, 3.8) is 0 Å². The maximum absolute atomic E-state index is 8.80. The number of benzene rings is 1. The molecular formula is C13H13N7. The number of aromatic nitrogens is 2. The number of rotatable bonds is 5. The third kappa shape index (κ3) is 3.20. The van der Waals surface area contributed by atoms with Gasteiger partial charge >= 0.3 is 0 Å². The molecule has 0 amide bonds. The van der Waals surface area contributed by atoms with Gasteiger partial charge in [-0.05, 0) is 11.6 Å². The van der Waals surface area contributed by atoms with Crippen LogP contribution in [0.1, 0.15) is 5.56 Å². The van der Waals surface area contributed by atoms with Gasteiger partial charge in [-0.25, -0.2) is 4.98 Å². The first-order valence-electron chi connectivity index (χ1n) is 5.82. The largest absolute Gasteiger partial charge is 0.382 e. The number of nitrogens with one attached hydrogen (secondary N) is 2. The molecule has 20 heavy (non-hydrogen) atoms. The fourth-order valence-corrected chi connectivity index (χ4v) is 1.61. The average molecular weight is 267 g/mol. The summed E-state index contributed by atoms with van der Waals surface area (Å²) in [5.41, 5.74) is 9.58. The summed E-state index contributed by atoms with van der Waals surface area (Å²) in [6.07, 6.45) is 5.28. The van der Waals surface area contributed by atoms with Crippen molar-refractivity contribution in [2.45, 2.75) is 6.54 Å². The van der Waals surface area contributed by atoms with E-state index >= 15 is 0 Å². The smallest absolute Gasteiger partial charge is 0.201 e. The zero-order chi connectivity index (χ0) is 14.4. The highest BCUT2D eigenvalue weighted by Gasteiger charge is 2.04. The Morgan fingerprint density at radius 1 is 1.50 bits per heavy atom. The Morgan fingerprint density at radius 2 is 2.30 bits per heavy atom. The van der Waals surface area contributed by atoms with Gasteiger partial charge in [0, 0.05) is 12.4 Å². The van der Waals surface area contributed by atoms with Crippen LogP contribution in [-0.2, 0) is 6.54 Å². The van der Waals surface area contributed by atoms with Crippen molar-refractivity contribution in [2.24, 2.45) is 10.8 Å². The van der Waals surface area contributed by atoms with E-state index < -0.39 is 0 Å². The average Bonchev–Trinajstić information content (AvgIpc) is 2.94. The van der Waals surface area contributed by atoms with Crippen LogP contribution >= 0.6 is 0 Å². The molecule has 0 atom stereocenters. The number of nitrogens with two attached hydrogens (primary N) is 1. The molecule has 1 aromatic carbocycles. The van der Waals surface area contributed by atoms with Gasteiger partial charge in [-0.3, -0.25) is 10.8 Å². The topological polar surface area (TPSA) is 116 Å². The van der Waals surface area contributed by atoms with Gasteiger partial charge in [-0.1, -0.05) is 18.2 Å². The summed E-state index contributed by atoms with van der Waals surface area (Å²) in [6.45, 7) is 0.626. The fraction of sp³-hybridized carbons (Fsp3) is 0.0769. The lowest BCUT2D eigenvalue weighted by Crippen LogP contribution is -2.22. The van der Waals surface area contributed by atoms with Crippen LogP contribution in [0.2, 0.25) is 0 Å². The van der Waals surface area contributed by atoms with Crippen LogP contribution in [0.3, 0.4) is 0 Å². The van der Waals surface area contributed by atoms with Gasteiger partial charge in [-0.2, -0.15) is 10.4 Å². The molecule has 2 rings (SSSR count). The number of imidazole rings is 1. The molecule has 0 spiro atoms. The standard InChI is InChI=1S/C13H13N7/c14-7-12(13(15)16)19-18-11-4-2-1-3-10(11)8-20-6-5-17-9-20/h1-6,9,18H,8H2,(H3,15,16)/b19-12+. The van der Waals surface area contributed by atoms with Crippen LogP contribution < -0.4 is 11.2 Å². The van der Waals surface area contributed by atoms with Crippen LogP contribution in [0.5, 0.6) is 0 Å². The number of hydrazone groups is 1. The van der Waals surface area contributed by atoms with Gasteiger partial charge in [0.05, 0.1) is 18.6 Å². The molecule has 0 bridgehead atoms. The molecule has 7 heteroatoms. The van der Waals surface area contributed by atoms with Crippen molar-refractivity contribution < 1.29 is 0 Å². The zero-order valence-electron chi connectivity index (χ0n) is 10.6. The number of anilines is 1. The Labute approximate surface area is 115 Å². The lowest BCUT2D eigenvalue weighted by atomic mass is 10.2. The maximum Gasteiger partial charge on any atom is 0.201 e. The summed E-state index contributed by atoms with van der Waals surface area (Å²) >= 11 is 0. The number of nitriles is 1. The highest BCUT2D eigenvalue weighted by molar-refractivity contribution is 6.45. The summed E-state index contributed by atoms with van der Waals surface area (Å²) < 4.78 is 1.92. The molecule has 0 radical (unpaired) electrons. The molecule has 0 unspecified atom stereocenters. The maximum atomic E-state index is 8.80. The predicted molar refractivity (Wildman–Crippen MR) is 76.4 cm³/mol. The Hall–Kier alpha value is -3.14. The van der Waals surface area contributed by atoms with Crippen molar-refractivity contribution in [3.05, 3.63) is 48.5 Å². The molecule has 0 saturated heterocycles. The van der Waals surface area contributed by atoms with Gasteiger partial charge in [0.25, 0.3) is 0 Å². The minimum absolute atomic E-state index is 0.151. The van der Waals surface area contributed by atoms with E-state index in [9.17, 15) is 0 Å². The van der Waals surface area contributed by atoms with Gasteiger partial charge in [0.15, 0.2) is 5.84 Å². The molecule has 1 aromatic heterocycles. The lowest BCUT2D eigenvalue weighted by molar-refractivity contribution is 0.798. The molecule has 7 nitrogen and oxygen atoms in total. The zero-order valence-corrected chi connectivity index (χ0v) is 10.6. The summed E-state index contributed by atoms with van der Waals surface area (Å²) in [6, 6.07) is 9.31. The van der Waals surface area contributed by atoms with E-state index in [1.807, 2.05) is 35.0 Å². The Kier molecular flexibility index (Phi) is 4.09. The number of nitrogens with zero attached hydrogens (tertiary/aromatic N) is 4. The van der Waals surface area contributed by atoms with E-state index in [1.54, 1.807) is 18.6 Å². The third-order valence-corrected chi connectivity index (χ3v) is 2.58. The third-order valence-electron chi connectivity index (χ3n) is 2.58. The van der Waals surface area contributed by atoms with Gasteiger partial charge in [-0.15, -0.1) is 0 Å². The molecule has 0 saturated carbocycles. The first kappa shape index (κ1) is 13.3. The van der Waals surface area contributed by atoms with E-state index in [-0.39, 0.29) is 11.5 Å². The van der Waals surface area contributed by atoms with Crippen molar-refractivity contribution in [3.8, 4) is 6.07 Å². The van der Waals surface area contributed by atoms with Crippen LogP contribution in [0.15, 0.2) is 48.1 Å². The number of para-hydroxylation sites is 1. The summed E-state index contributed by atoms with van der Waals surface area (Å²) in [5, 5.41) is 19.8. The van der Waals surface area contributed by atoms with Crippen molar-refractivity contribution in [1.82, 2.24) is 9.55 Å². The highest BCUT2D eigenvalue weighted by atomic mass is 15.3. The minimum Gasteiger partial charge on any atom is -0.382 e. The molecular weight excluding hydrogens is 254 g/mol. The van der Waals surface area contributed by atoms with E-state index in [1.165, 1.54) is 0 Å². The van der Waals surface area contributed by atoms with Gasteiger partial charge in [0.1, 0.15) is 6.07 Å². The van der Waals surface area contributed by atoms with Crippen molar-refractivity contribution in [2.75, 3.05) is 5.43 Å². The lowest BCUT2D eigenvalue weighted by Gasteiger charge is -2.09. The Morgan fingerprint density at radius 3 is 2.95 bits per heavy atom. The second kappa shape index (κ2) is 6.15. The molecule has 1 heterocycles. The monoisotopic (exact) mass is 267 g/mol. The summed E-state index contributed by atoms with van der Waals surface area (Å²) in [7, 11) is 0. The number of hydrogen-bond acceptors (Lipinski definition) is 5. The van der Waals surface area contributed by atoms with E-state index in [2.05, 4.69) is 15.5 Å². The normalized spacial score (nSPS) is 10.8. The molecule has 100 valence electrons. The predicted octanol–water partition coefficient (Wildman–Crippen LogP) is 1.16. The second-order valence-electron chi connectivity index (χ2n) is 3.99. The molecule has 0 fully saturated rings. The Bertz CT molecular complexity index is 664.